The van der Waals surface area contributed by atoms with Crippen molar-refractivity contribution < 1.29 is 8.58 Å². The number of nitrogens with one attached hydrogen (secondary N) is 8. The maximum absolute atomic E-state index is 9.62. The molecule has 0 aromatic rings. The Labute approximate surface area is 279 Å². The maximum atomic E-state index is 9.62. The molecular formula is C34H61AlN8O2. The van der Waals surface area contributed by atoms with Gasteiger partial charge in [0.1, 0.15) is 0 Å². The van der Waals surface area contributed by atoms with Gasteiger partial charge in [0.25, 0.3) is 5.97 Å². The van der Waals surface area contributed by atoms with Crippen LogP contribution < -0.4 is 42.5 Å². The van der Waals surface area contributed by atoms with Crippen LogP contribution in [0.2, 0.25) is 0 Å². The van der Waals surface area contributed by atoms with E-state index in [1.807, 2.05) is 0 Å². The number of hydrogen-bond donors (Lipinski definition) is 8. The molecule has 11 heteroatoms. The molecule has 8 atom stereocenters. The Morgan fingerprint density at radius 1 is 0.400 bits per heavy atom. The highest BCUT2D eigenvalue weighted by molar-refractivity contribution is 6.04. The van der Waals surface area contributed by atoms with Crippen molar-refractivity contribution in [2.24, 2.45) is 47.3 Å². The Kier molecular flexibility index (Phi) is 9.86. The quantitative estimate of drug-likeness (QED) is 0.186. The largest absolute Gasteiger partial charge is 0.622 e. The molecule has 9 rings (SSSR count). The van der Waals surface area contributed by atoms with E-state index >= 15 is 0 Å². The molecule has 5 aliphatic heterocycles. The van der Waals surface area contributed by atoms with E-state index < -0.39 is 0 Å². The van der Waals surface area contributed by atoms with Gasteiger partial charge in [0.15, 0.2) is 0 Å². The highest BCUT2D eigenvalue weighted by Crippen LogP contribution is 2.45. The van der Waals surface area contributed by atoms with Crippen molar-refractivity contribution in [1.82, 2.24) is 42.5 Å². The molecule has 10 nitrogen and oxygen atoms in total. The van der Waals surface area contributed by atoms with Crippen molar-refractivity contribution in [3.8, 4) is 0 Å². The lowest BCUT2D eigenvalue weighted by atomic mass is 9.76. The van der Waals surface area contributed by atoms with Gasteiger partial charge in [-0.15, -0.1) is 0 Å². The van der Waals surface area contributed by atoms with Crippen LogP contribution in [0.25, 0.3) is 0 Å². The average Bonchev–Trinajstić information content (AvgIpc) is 3.81. The lowest BCUT2D eigenvalue weighted by Gasteiger charge is -2.35. The third-order valence-electron chi connectivity index (χ3n) is 14.1. The van der Waals surface area contributed by atoms with Gasteiger partial charge in [0, 0.05) is 6.92 Å². The van der Waals surface area contributed by atoms with Crippen LogP contribution in [0.1, 0.15) is 110 Å². The molecule has 9 fully saturated rings. The first-order valence-corrected chi connectivity index (χ1v) is 20.0. The van der Waals surface area contributed by atoms with Gasteiger partial charge in [0.2, 0.25) is 0 Å². The van der Waals surface area contributed by atoms with Crippen molar-refractivity contribution in [2.45, 2.75) is 159 Å². The fourth-order valence-electron chi connectivity index (χ4n) is 12.0. The summed E-state index contributed by atoms with van der Waals surface area (Å²) in [5.74, 6) is 5.79. The minimum atomic E-state index is -0.184. The highest BCUT2D eigenvalue weighted by Gasteiger charge is 2.54. The molecule has 5 saturated heterocycles. The van der Waals surface area contributed by atoms with Crippen LogP contribution in [0.15, 0.2) is 0 Å². The van der Waals surface area contributed by atoms with Crippen LogP contribution in [0.4, 0.5) is 0 Å². The average molecular weight is 641 g/mol. The van der Waals surface area contributed by atoms with Gasteiger partial charge in [-0.25, -0.2) is 0 Å². The Morgan fingerprint density at radius 2 is 0.533 bits per heavy atom. The Hall–Kier alpha value is -0.318. The summed E-state index contributed by atoms with van der Waals surface area (Å²) in [7, 11) is 0. The van der Waals surface area contributed by atoms with Crippen LogP contribution in [-0.4, -0.2) is 71.9 Å². The predicted octanol–water partition coefficient (Wildman–Crippen LogP) is 1.70. The Bertz CT molecular complexity index is 832. The van der Waals surface area contributed by atoms with Crippen LogP contribution in [0, 0.1) is 47.3 Å². The van der Waals surface area contributed by atoms with E-state index in [-0.39, 0.29) is 5.97 Å². The molecule has 9 aliphatic rings. The number of hydrogen-bond acceptors (Lipinski definition) is 10. The molecule has 0 spiro atoms. The molecule has 8 N–H and O–H groups in total. The van der Waals surface area contributed by atoms with Crippen molar-refractivity contribution in [1.29, 1.82) is 0 Å². The predicted molar refractivity (Wildman–Crippen MR) is 177 cm³/mol. The molecule has 0 amide bonds. The van der Waals surface area contributed by atoms with E-state index in [9.17, 15) is 4.79 Å². The minimum Gasteiger partial charge on any atom is -0.622 e. The number of fused-ring (bicyclic) bond motifs is 20. The van der Waals surface area contributed by atoms with Crippen LogP contribution in [0.3, 0.4) is 0 Å². The number of rotatable bonds is 0. The second kappa shape index (κ2) is 13.9. The topological polar surface area (TPSA) is 123 Å². The molecular weight excluding hydrogens is 579 g/mol. The van der Waals surface area contributed by atoms with Gasteiger partial charge in [-0.2, -0.15) is 0 Å². The summed E-state index contributed by atoms with van der Waals surface area (Å²) >= 11 is 0.524. The first-order valence-electron chi connectivity index (χ1n) is 19.2. The summed E-state index contributed by atoms with van der Waals surface area (Å²) in [6.45, 7) is 1.40. The second-order valence-corrected chi connectivity index (χ2v) is 16.7. The van der Waals surface area contributed by atoms with Gasteiger partial charge in [-0.1, -0.05) is 51.4 Å². The normalized spacial score (nSPS) is 51.9. The minimum absolute atomic E-state index is 0.184. The van der Waals surface area contributed by atoms with E-state index in [1.54, 1.807) is 0 Å². The smallest absolute Gasteiger partial charge is 0.499 e. The number of carbonyl (C=O) groups is 1. The summed E-state index contributed by atoms with van der Waals surface area (Å²) in [5.41, 5.74) is 0. The van der Waals surface area contributed by atoms with Crippen molar-refractivity contribution >= 4 is 22.6 Å². The molecule has 252 valence electrons. The first kappa shape index (κ1) is 31.9. The summed E-state index contributed by atoms with van der Waals surface area (Å²) in [5, 5.41) is 33.8. The van der Waals surface area contributed by atoms with Gasteiger partial charge in [0.05, 0.1) is 49.3 Å². The summed E-state index contributed by atoms with van der Waals surface area (Å²) in [6.07, 6.45) is 25.6. The van der Waals surface area contributed by atoms with E-state index in [1.165, 1.54) is 110 Å². The van der Waals surface area contributed by atoms with E-state index in [2.05, 4.69) is 46.3 Å². The second-order valence-electron chi connectivity index (χ2n) is 16.3. The molecule has 8 bridgehead atoms. The molecule has 5 heterocycles. The fraction of sp³-hybridized carbons (Fsp3) is 0.971. The molecule has 4 saturated carbocycles. The maximum Gasteiger partial charge on any atom is 0.499 e. The van der Waals surface area contributed by atoms with Crippen molar-refractivity contribution in [3.05, 3.63) is 0 Å². The molecule has 0 aromatic heterocycles. The van der Waals surface area contributed by atoms with Gasteiger partial charge in [-0.05, 0) is 98.7 Å². The van der Waals surface area contributed by atoms with Crippen LogP contribution in [0.5, 0.6) is 0 Å². The first-order chi connectivity index (χ1) is 22.1. The Morgan fingerprint density at radius 3 is 0.644 bits per heavy atom. The third kappa shape index (κ3) is 6.31. The van der Waals surface area contributed by atoms with Gasteiger partial charge >= 0.3 is 16.6 Å². The van der Waals surface area contributed by atoms with Crippen LogP contribution in [-0.2, 0) is 8.58 Å². The summed E-state index contributed by atoms with van der Waals surface area (Å²) in [4.78, 5) is 9.62. The summed E-state index contributed by atoms with van der Waals surface area (Å²) < 4.78 is 4.25. The lowest BCUT2D eigenvalue weighted by molar-refractivity contribution is -0.131. The van der Waals surface area contributed by atoms with E-state index in [0.29, 0.717) is 66.0 Å². The van der Waals surface area contributed by atoms with E-state index in [4.69, 9.17) is 0 Å². The Balaban J connectivity index is 0.000000560. The van der Waals surface area contributed by atoms with Crippen LogP contribution >= 0.6 is 0 Å². The zero-order chi connectivity index (χ0) is 30.5. The SMILES string of the molecule is C1CCC2C3NC(NC4NC(NC5NC(NC6NC(N3)C3CCCCC63)C3CCCCC53)C3CCCCC43)C2C1.CC(=O)[O][AlH2]. The standard InChI is InChI=1S/C32H56N8.C2H4O2.Al.2H/c1-2-10-18-17(9-1)25-33-26(18)38-28-21-13-5-6-14-22(21)30(35-28)40-32-24-16-8-7-15-23(24)31(36-32)39-29-20-12-4-3-11-19(20)27(34-29)37-25;1-2(3)4;;;/h17-40H,1-16H2;1H3,(H,3,4);;;/q;;+1;;/p-1. The highest BCUT2D eigenvalue weighted by atomic mass is 27.1. The van der Waals surface area contributed by atoms with Crippen molar-refractivity contribution in [3.63, 3.8) is 0 Å². The lowest BCUT2D eigenvalue weighted by Crippen LogP contribution is -2.61. The molecule has 8 unspecified atom stereocenters. The monoisotopic (exact) mass is 640 g/mol. The zero-order valence-electron chi connectivity index (χ0n) is 27.9. The molecule has 0 radical (unpaired) electrons. The molecule has 4 aliphatic carbocycles. The number of carbonyl (C=O) groups excluding carboxylic acids is 1. The molecule has 45 heavy (non-hydrogen) atoms. The molecule has 0 aromatic carbocycles. The zero-order valence-corrected chi connectivity index (χ0v) is 29.9. The van der Waals surface area contributed by atoms with Crippen molar-refractivity contribution in [2.75, 3.05) is 0 Å². The fourth-order valence-corrected chi connectivity index (χ4v) is 12.0. The van der Waals surface area contributed by atoms with E-state index in [0.717, 1.165) is 47.3 Å². The third-order valence-corrected chi connectivity index (χ3v) is 14.7. The van der Waals surface area contributed by atoms with Gasteiger partial charge in [-0.3, -0.25) is 47.3 Å². The summed E-state index contributed by atoms with van der Waals surface area (Å²) in [6, 6.07) is 0. The van der Waals surface area contributed by atoms with Gasteiger partial charge < -0.3 is 3.79 Å².